The quantitative estimate of drug-likeness (QED) is 0.739. The van der Waals surface area contributed by atoms with Gasteiger partial charge in [0.15, 0.2) is 0 Å². The number of carbonyl (C=O) groups excluding carboxylic acids is 2. The summed E-state index contributed by atoms with van der Waals surface area (Å²) in [4.78, 5) is 23.1. The zero-order valence-corrected chi connectivity index (χ0v) is 12.3. The van der Waals surface area contributed by atoms with Gasteiger partial charge in [0.1, 0.15) is 0 Å². The van der Waals surface area contributed by atoms with E-state index in [0.717, 1.165) is 12.8 Å². The van der Waals surface area contributed by atoms with Gasteiger partial charge in [-0.3, -0.25) is 9.59 Å². The summed E-state index contributed by atoms with van der Waals surface area (Å²) in [5.41, 5.74) is -0.529. The van der Waals surface area contributed by atoms with E-state index in [4.69, 9.17) is 0 Å². The van der Waals surface area contributed by atoms with Crippen LogP contribution in [0.4, 0.5) is 0 Å². The molecule has 0 aliphatic heterocycles. The minimum Gasteiger partial charge on any atom is -0.291 e. The standard InChI is InChI=1S/C11H20O2.Zr/c1-6-7-8(2)9(12)10(13)11(3,4)5;/h8H,6-7H2,1-5H3;. The van der Waals surface area contributed by atoms with Crippen LogP contribution in [-0.4, -0.2) is 11.6 Å². The molecule has 3 heteroatoms. The normalized spacial score (nSPS) is 12.9. The summed E-state index contributed by atoms with van der Waals surface area (Å²) in [5.74, 6) is -0.570. The van der Waals surface area contributed by atoms with Gasteiger partial charge in [0.25, 0.3) is 0 Å². The van der Waals surface area contributed by atoms with E-state index in [0.29, 0.717) is 0 Å². The summed E-state index contributed by atoms with van der Waals surface area (Å²) in [6.07, 6.45) is 1.75. The predicted octanol–water partition coefficient (Wildman–Crippen LogP) is 2.60. The van der Waals surface area contributed by atoms with Crippen molar-refractivity contribution < 1.29 is 35.8 Å². The van der Waals surface area contributed by atoms with Gasteiger partial charge in [-0.05, 0) is 6.42 Å². The Hall–Kier alpha value is 0.223. The maximum absolute atomic E-state index is 11.5. The van der Waals surface area contributed by atoms with Crippen molar-refractivity contribution in [2.24, 2.45) is 11.3 Å². The van der Waals surface area contributed by atoms with Gasteiger partial charge >= 0.3 is 0 Å². The molecule has 0 aromatic carbocycles. The summed E-state index contributed by atoms with van der Waals surface area (Å²) in [6, 6.07) is 0. The molecule has 2 nitrogen and oxygen atoms in total. The second kappa shape index (κ2) is 6.66. The van der Waals surface area contributed by atoms with Gasteiger partial charge in [-0.15, -0.1) is 0 Å². The van der Waals surface area contributed by atoms with Crippen molar-refractivity contribution >= 4 is 11.6 Å². The van der Waals surface area contributed by atoms with Crippen LogP contribution >= 0.6 is 0 Å². The third kappa shape index (κ3) is 5.19. The first-order chi connectivity index (χ1) is 5.80. The second-order valence-electron chi connectivity index (χ2n) is 4.63. The molecule has 0 aromatic rings. The predicted molar refractivity (Wildman–Crippen MR) is 53.5 cm³/mol. The van der Waals surface area contributed by atoms with Gasteiger partial charge in [-0.2, -0.15) is 0 Å². The topological polar surface area (TPSA) is 34.1 Å². The Morgan fingerprint density at radius 1 is 1.21 bits per heavy atom. The fourth-order valence-corrected chi connectivity index (χ4v) is 1.16. The molecule has 0 saturated carbocycles. The van der Waals surface area contributed by atoms with Gasteiger partial charge in [0.05, 0.1) is 0 Å². The van der Waals surface area contributed by atoms with Crippen LogP contribution < -0.4 is 0 Å². The molecule has 0 radical (unpaired) electrons. The minimum atomic E-state index is -0.529. The van der Waals surface area contributed by atoms with Crippen LogP contribution in [0.1, 0.15) is 47.5 Å². The molecule has 0 amide bonds. The van der Waals surface area contributed by atoms with E-state index < -0.39 is 5.41 Å². The monoisotopic (exact) mass is 274 g/mol. The summed E-state index contributed by atoms with van der Waals surface area (Å²) < 4.78 is 0. The van der Waals surface area contributed by atoms with Crippen LogP contribution in [0.3, 0.4) is 0 Å². The zero-order valence-electron chi connectivity index (χ0n) is 9.81. The van der Waals surface area contributed by atoms with Crippen molar-refractivity contribution in [1.82, 2.24) is 0 Å². The average Bonchev–Trinajstić information content (AvgIpc) is 2.00. The van der Waals surface area contributed by atoms with Crippen LogP contribution in [0.25, 0.3) is 0 Å². The minimum absolute atomic E-state index is 0. The summed E-state index contributed by atoms with van der Waals surface area (Å²) in [7, 11) is 0. The van der Waals surface area contributed by atoms with Crippen molar-refractivity contribution in [1.29, 1.82) is 0 Å². The van der Waals surface area contributed by atoms with Crippen molar-refractivity contribution in [3.8, 4) is 0 Å². The Morgan fingerprint density at radius 3 is 1.93 bits per heavy atom. The third-order valence-electron chi connectivity index (χ3n) is 2.07. The number of ketones is 2. The molecule has 0 aliphatic rings. The van der Waals surface area contributed by atoms with Gasteiger partial charge in [0, 0.05) is 37.5 Å². The number of hydrogen-bond acceptors (Lipinski definition) is 2. The molecule has 1 unspecified atom stereocenters. The van der Waals surface area contributed by atoms with Gasteiger partial charge in [-0.1, -0.05) is 41.0 Å². The van der Waals surface area contributed by atoms with Crippen LogP contribution in [0, 0.1) is 11.3 Å². The molecule has 0 bridgehead atoms. The smallest absolute Gasteiger partial charge is 0.203 e. The van der Waals surface area contributed by atoms with Gasteiger partial charge in [-0.25, -0.2) is 0 Å². The Bertz CT molecular complexity index is 204. The first-order valence-corrected chi connectivity index (χ1v) is 4.89. The van der Waals surface area contributed by atoms with Gasteiger partial charge < -0.3 is 0 Å². The average molecular weight is 276 g/mol. The second-order valence-corrected chi connectivity index (χ2v) is 4.63. The molecule has 0 spiro atoms. The van der Waals surface area contributed by atoms with E-state index in [1.54, 1.807) is 20.8 Å². The fourth-order valence-electron chi connectivity index (χ4n) is 1.16. The van der Waals surface area contributed by atoms with E-state index in [2.05, 4.69) is 0 Å². The van der Waals surface area contributed by atoms with Crippen molar-refractivity contribution in [3.05, 3.63) is 0 Å². The number of Topliss-reactive ketones (excluding diaryl/α,β-unsaturated/α-hetero) is 2. The summed E-state index contributed by atoms with van der Waals surface area (Å²) >= 11 is 0. The largest absolute Gasteiger partial charge is 0.291 e. The fraction of sp³-hybridized carbons (Fsp3) is 0.818. The Kier molecular flexibility index (Phi) is 7.92. The molecule has 1 atom stereocenters. The van der Waals surface area contributed by atoms with Crippen LogP contribution in [-0.2, 0) is 35.8 Å². The molecule has 0 aliphatic carbocycles. The molecular formula is C11H20O2Zr. The Labute approximate surface area is 106 Å². The summed E-state index contributed by atoms with van der Waals surface area (Å²) in [6.45, 7) is 9.20. The third-order valence-corrected chi connectivity index (χ3v) is 2.07. The van der Waals surface area contributed by atoms with E-state index in [1.165, 1.54) is 0 Å². The van der Waals surface area contributed by atoms with Crippen LogP contribution in [0.2, 0.25) is 0 Å². The molecule has 0 N–H and O–H groups in total. The summed E-state index contributed by atoms with van der Waals surface area (Å²) in [5, 5.41) is 0. The maximum Gasteiger partial charge on any atom is 0.203 e. The first kappa shape index (κ1) is 16.6. The molecular weight excluding hydrogens is 255 g/mol. The number of rotatable bonds is 4. The van der Waals surface area contributed by atoms with E-state index in [1.807, 2.05) is 13.8 Å². The molecule has 0 rings (SSSR count). The maximum atomic E-state index is 11.5. The molecule has 14 heavy (non-hydrogen) atoms. The number of carbonyl (C=O) groups is 2. The molecule has 0 saturated heterocycles. The molecule has 0 aromatic heterocycles. The first-order valence-electron chi connectivity index (χ1n) is 4.89. The SMILES string of the molecule is CCCC(C)C(=O)C(=O)C(C)(C)C.[Zr]. The van der Waals surface area contributed by atoms with Crippen molar-refractivity contribution in [2.75, 3.05) is 0 Å². The Morgan fingerprint density at radius 2 is 1.64 bits per heavy atom. The molecule has 80 valence electrons. The van der Waals surface area contributed by atoms with E-state index >= 15 is 0 Å². The van der Waals surface area contributed by atoms with E-state index in [9.17, 15) is 9.59 Å². The van der Waals surface area contributed by atoms with Crippen LogP contribution in [0.5, 0.6) is 0 Å². The number of hydrogen-bond donors (Lipinski definition) is 0. The van der Waals surface area contributed by atoms with Gasteiger partial charge in [0.2, 0.25) is 11.6 Å². The van der Waals surface area contributed by atoms with Crippen LogP contribution in [0.15, 0.2) is 0 Å². The molecule has 0 heterocycles. The van der Waals surface area contributed by atoms with Crippen molar-refractivity contribution in [2.45, 2.75) is 47.5 Å². The van der Waals surface area contributed by atoms with E-state index in [-0.39, 0.29) is 43.7 Å². The zero-order chi connectivity index (χ0) is 10.6. The Balaban J connectivity index is 0. The van der Waals surface area contributed by atoms with Crippen molar-refractivity contribution in [3.63, 3.8) is 0 Å². The molecule has 0 fully saturated rings.